The monoisotopic (exact) mass is 463 g/mol. The predicted octanol–water partition coefficient (Wildman–Crippen LogP) is 5.52. The minimum absolute atomic E-state index is 0.656. The van der Waals surface area contributed by atoms with Crippen molar-refractivity contribution >= 4 is 38.6 Å². The molecule has 0 bridgehead atoms. The van der Waals surface area contributed by atoms with E-state index in [1.54, 1.807) is 6.20 Å². The second kappa shape index (κ2) is 8.08. The minimum Gasteiger partial charge on any atom is -0.457 e. The molecule has 0 spiro atoms. The number of fused-ring (bicyclic) bond motifs is 1. The highest BCUT2D eigenvalue weighted by Gasteiger charge is 2.20. The van der Waals surface area contributed by atoms with Crippen LogP contribution in [0.25, 0.3) is 11.0 Å². The van der Waals surface area contributed by atoms with Crippen LogP contribution in [-0.4, -0.2) is 20.6 Å². The summed E-state index contributed by atoms with van der Waals surface area (Å²) in [4.78, 5) is 9.16. The fourth-order valence-corrected chi connectivity index (χ4v) is 3.57. The van der Waals surface area contributed by atoms with Crippen molar-refractivity contribution in [1.82, 2.24) is 19.9 Å². The van der Waals surface area contributed by atoms with Crippen LogP contribution in [0.4, 0.5) is 11.6 Å². The van der Waals surface area contributed by atoms with E-state index in [-0.39, 0.29) is 0 Å². The number of halogens is 1. The molecule has 5 rings (SSSR count). The van der Waals surface area contributed by atoms with Gasteiger partial charge in [-0.25, -0.2) is 4.98 Å². The molecule has 6 nitrogen and oxygen atoms in total. The molecule has 1 aliphatic carbocycles. The number of nitrogens with zero attached hydrogens (tertiary/aromatic N) is 3. The molecule has 0 saturated heterocycles. The summed E-state index contributed by atoms with van der Waals surface area (Å²) in [5.41, 5.74) is 3.88. The number of pyridine rings is 1. The van der Waals surface area contributed by atoms with Crippen LogP contribution in [-0.2, 0) is 13.6 Å². The zero-order valence-electron chi connectivity index (χ0n) is 16.6. The Kier molecular flexibility index (Phi) is 5.14. The third kappa shape index (κ3) is 4.32. The van der Waals surface area contributed by atoms with Gasteiger partial charge in [0.2, 0.25) is 5.95 Å². The molecule has 0 atom stereocenters. The van der Waals surface area contributed by atoms with Gasteiger partial charge in [0.25, 0.3) is 0 Å². The maximum atomic E-state index is 6.09. The molecule has 2 aromatic heterocycles. The minimum atomic E-state index is 0.656. The van der Waals surface area contributed by atoms with Crippen LogP contribution in [0.2, 0.25) is 0 Å². The lowest BCUT2D eigenvalue weighted by atomic mass is 10.3. The number of rotatable bonds is 7. The van der Waals surface area contributed by atoms with E-state index in [4.69, 9.17) is 9.72 Å². The van der Waals surface area contributed by atoms with Crippen LogP contribution in [0.1, 0.15) is 18.5 Å². The lowest BCUT2D eigenvalue weighted by Gasteiger charge is -2.08. The molecular weight excluding hydrogens is 442 g/mol. The first-order valence-corrected chi connectivity index (χ1v) is 10.8. The van der Waals surface area contributed by atoms with Gasteiger partial charge in [-0.1, -0.05) is 15.9 Å². The summed E-state index contributed by atoms with van der Waals surface area (Å²) in [5, 5.41) is 6.85. The molecule has 1 saturated carbocycles. The zero-order chi connectivity index (χ0) is 20.5. The van der Waals surface area contributed by atoms with Crippen molar-refractivity contribution in [3.8, 4) is 11.5 Å². The van der Waals surface area contributed by atoms with Crippen molar-refractivity contribution in [2.75, 3.05) is 5.32 Å². The topological polar surface area (TPSA) is 64.0 Å². The number of nitrogens with one attached hydrogen (secondary N) is 2. The highest BCUT2D eigenvalue weighted by molar-refractivity contribution is 9.10. The molecule has 0 aliphatic heterocycles. The number of anilines is 2. The summed E-state index contributed by atoms with van der Waals surface area (Å²) in [6, 6.07) is 18.5. The summed E-state index contributed by atoms with van der Waals surface area (Å²) in [5.74, 6) is 2.31. The van der Waals surface area contributed by atoms with Crippen LogP contribution in [0, 0.1) is 0 Å². The quantitative estimate of drug-likeness (QED) is 0.377. The van der Waals surface area contributed by atoms with Crippen LogP contribution < -0.4 is 15.4 Å². The summed E-state index contributed by atoms with van der Waals surface area (Å²) in [7, 11) is 2.00. The van der Waals surface area contributed by atoms with E-state index in [1.165, 1.54) is 12.8 Å². The molecule has 1 fully saturated rings. The maximum absolute atomic E-state index is 6.09. The lowest BCUT2D eigenvalue weighted by Crippen LogP contribution is -2.16. The van der Waals surface area contributed by atoms with Gasteiger partial charge in [-0.2, -0.15) is 0 Å². The third-order valence-corrected chi connectivity index (χ3v) is 5.65. The Hall–Kier alpha value is -2.90. The number of imidazole rings is 1. The normalized spacial score (nSPS) is 13.5. The largest absolute Gasteiger partial charge is 0.457 e. The van der Waals surface area contributed by atoms with Crippen LogP contribution in [0.5, 0.6) is 11.5 Å². The van der Waals surface area contributed by atoms with Gasteiger partial charge in [-0.15, -0.1) is 0 Å². The number of ether oxygens (including phenoxy) is 1. The van der Waals surface area contributed by atoms with Gasteiger partial charge >= 0.3 is 0 Å². The van der Waals surface area contributed by atoms with E-state index in [1.807, 2.05) is 66.2 Å². The SMILES string of the molecule is Cn1c(Nc2ccc(Br)cc2)nc2cc(Oc3ccnc(CNC4CC4)c3)ccc21. The number of aryl methyl sites for hydroxylation is 1. The number of aromatic nitrogens is 3. The molecule has 0 unspecified atom stereocenters. The summed E-state index contributed by atoms with van der Waals surface area (Å²) in [6.07, 6.45) is 4.32. The Morgan fingerprint density at radius 3 is 2.67 bits per heavy atom. The molecule has 0 radical (unpaired) electrons. The van der Waals surface area contributed by atoms with Crippen molar-refractivity contribution in [1.29, 1.82) is 0 Å². The Labute approximate surface area is 183 Å². The van der Waals surface area contributed by atoms with Gasteiger partial charge in [0.15, 0.2) is 0 Å². The highest BCUT2D eigenvalue weighted by Crippen LogP contribution is 2.28. The van der Waals surface area contributed by atoms with Crippen molar-refractivity contribution in [2.24, 2.45) is 7.05 Å². The molecule has 0 amide bonds. The van der Waals surface area contributed by atoms with Crippen molar-refractivity contribution in [3.63, 3.8) is 0 Å². The fraction of sp³-hybridized carbons (Fsp3) is 0.217. The molecule has 4 aromatic rings. The first kappa shape index (κ1) is 19.1. The molecular formula is C23H22BrN5O. The predicted molar refractivity (Wildman–Crippen MR) is 122 cm³/mol. The smallest absolute Gasteiger partial charge is 0.208 e. The average Bonchev–Trinajstić information content (AvgIpc) is 3.53. The number of benzene rings is 2. The van der Waals surface area contributed by atoms with Gasteiger partial charge in [0.1, 0.15) is 11.5 Å². The maximum Gasteiger partial charge on any atom is 0.208 e. The van der Waals surface area contributed by atoms with Gasteiger partial charge in [0, 0.05) is 48.1 Å². The summed E-state index contributed by atoms with van der Waals surface area (Å²) >= 11 is 3.46. The molecule has 7 heteroatoms. The molecule has 2 N–H and O–H groups in total. The third-order valence-electron chi connectivity index (χ3n) is 5.13. The standard InChI is InChI=1S/C23H22BrN5O/c1-29-22-9-8-19(30-20-10-11-25-18(12-20)14-26-16-6-7-16)13-21(22)28-23(29)27-17-4-2-15(24)3-5-17/h2-5,8-13,16,26H,6-7,14H2,1H3,(H,27,28). The van der Waals surface area contributed by atoms with E-state index in [0.29, 0.717) is 6.04 Å². The van der Waals surface area contributed by atoms with Crippen LogP contribution in [0.3, 0.4) is 0 Å². The van der Waals surface area contributed by atoms with Crippen molar-refractivity contribution in [2.45, 2.75) is 25.4 Å². The first-order chi connectivity index (χ1) is 14.6. The van der Waals surface area contributed by atoms with Gasteiger partial charge < -0.3 is 19.9 Å². The van der Waals surface area contributed by atoms with Gasteiger partial charge in [-0.05, 0) is 55.3 Å². The second-order valence-electron chi connectivity index (χ2n) is 7.52. The molecule has 30 heavy (non-hydrogen) atoms. The van der Waals surface area contributed by atoms with E-state index >= 15 is 0 Å². The van der Waals surface area contributed by atoms with E-state index in [2.05, 4.69) is 31.5 Å². The Morgan fingerprint density at radius 2 is 1.87 bits per heavy atom. The van der Waals surface area contributed by atoms with Crippen LogP contribution >= 0.6 is 15.9 Å². The first-order valence-electron chi connectivity index (χ1n) is 9.99. The van der Waals surface area contributed by atoms with E-state index in [0.717, 1.165) is 50.9 Å². The Morgan fingerprint density at radius 1 is 1.07 bits per heavy atom. The lowest BCUT2D eigenvalue weighted by molar-refractivity contribution is 0.481. The van der Waals surface area contributed by atoms with Crippen molar-refractivity contribution in [3.05, 3.63) is 71.0 Å². The van der Waals surface area contributed by atoms with Gasteiger partial charge in [0.05, 0.1) is 16.7 Å². The highest BCUT2D eigenvalue weighted by atomic mass is 79.9. The number of hydrogen-bond donors (Lipinski definition) is 2. The molecule has 2 aromatic carbocycles. The van der Waals surface area contributed by atoms with E-state index in [9.17, 15) is 0 Å². The fourth-order valence-electron chi connectivity index (χ4n) is 3.31. The molecule has 2 heterocycles. The average molecular weight is 464 g/mol. The summed E-state index contributed by atoms with van der Waals surface area (Å²) < 4.78 is 9.17. The molecule has 152 valence electrons. The molecule has 1 aliphatic rings. The van der Waals surface area contributed by atoms with E-state index < -0.39 is 0 Å². The zero-order valence-corrected chi connectivity index (χ0v) is 18.2. The second-order valence-corrected chi connectivity index (χ2v) is 8.43. The van der Waals surface area contributed by atoms with Crippen LogP contribution in [0.15, 0.2) is 65.3 Å². The Balaban J connectivity index is 1.34. The summed E-state index contributed by atoms with van der Waals surface area (Å²) in [6.45, 7) is 0.770. The number of hydrogen-bond acceptors (Lipinski definition) is 5. The van der Waals surface area contributed by atoms with Crippen molar-refractivity contribution < 1.29 is 4.74 Å². The van der Waals surface area contributed by atoms with Gasteiger partial charge in [-0.3, -0.25) is 4.98 Å². The Bertz CT molecular complexity index is 1180.